The third-order valence-corrected chi connectivity index (χ3v) is 2.23. The Kier molecular flexibility index (Phi) is 4.03. The standard InChI is InChI=1S/C10H12N2O6/c1-5-6(8(13)16-2)7(9(14)17-3)11-12(5)10(15)18-4/h1-4H3. The van der Waals surface area contributed by atoms with Crippen LogP contribution < -0.4 is 0 Å². The van der Waals surface area contributed by atoms with Gasteiger partial charge in [-0.3, -0.25) is 0 Å². The first-order valence-electron chi connectivity index (χ1n) is 4.82. The Morgan fingerprint density at radius 1 is 1.00 bits per heavy atom. The lowest BCUT2D eigenvalue weighted by Gasteiger charge is -2.01. The second-order valence-electron chi connectivity index (χ2n) is 3.17. The average Bonchev–Trinajstić information content (AvgIpc) is 2.73. The number of nitrogens with zero attached hydrogens (tertiary/aromatic N) is 2. The largest absolute Gasteiger partial charge is 0.465 e. The minimum atomic E-state index is -0.846. The third kappa shape index (κ3) is 2.17. The molecule has 0 fully saturated rings. The highest BCUT2D eigenvalue weighted by Crippen LogP contribution is 2.16. The highest BCUT2D eigenvalue weighted by molar-refractivity contribution is 6.03. The van der Waals surface area contributed by atoms with Gasteiger partial charge < -0.3 is 14.2 Å². The molecule has 0 spiro atoms. The first kappa shape index (κ1) is 13.7. The summed E-state index contributed by atoms with van der Waals surface area (Å²) >= 11 is 0. The van der Waals surface area contributed by atoms with Crippen molar-refractivity contribution in [3.05, 3.63) is 17.0 Å². The van der Waals surface area contributed by atoms with E-state index < -0.39 is 18.0 Å². The van der Waals surface area contributed by atoms with E-state index in [1.165, 1.54) is 6.92 Å². The van der Waals surface area contributed by atoms with E-state index in [9.17, 15) is 14.4 Å². The molecule has 0 N–H and O–H groups in total. The van der Waals surface area contributed by atoms with E-state index in [2.05, 4.69) is 19.3 Å². The van der Waals surface area contributed by atoms with E-state index in [0.717, 1.165) is 26.0 Å². The topological polar surface area (TPSA) is 96.7 Å². The first-order chi connectivity index (χ1) is 8.47. The van der Waals surface area contributed by atoms with Gasteiger partial charge >= 0.3 is 18.0 Å². The van der Waals surface area contributed by atoms with Gasteiger partial charge in [-0.2, -0.15) is 9.78 Å². The molecule has 8 nitrogen and oxygen atoms in total. The van der Waals surface area contributed by atoms with E-state index >= 15 is 0 Å². The lowest BCUT2D eigenvalue weighted by atomic mass is 10.2. The number of ether oxygens (including phenoxy) is 3. The predicted molar refractivity (Wildman–Crippen MR) is 57.4 cm³/mol. The molecule has 1 aromatic heterocycles. The Morgan fingerprint density at radius 3 is 2.00 bits per heavy atom. The molecule has 0 bridgehead atoms. The van der Waals surface area contributed by atoms with Crippen LogP contribution in [-0.4, -0.2) is 49.1 Å². The Bertz CT molecular complexity index is 505. The molecule has 0 amide bonds. The van der Waals surface area contributed by atoms with Crippen molar-refractivity contribution in [2.24, 2.45) is 0 Å². The van der Waals surface area contributed by atoms with Crippen LogP contribution >= 0.6 is 0 Å². The van der Waals surface area contributed by atoms with Gasteiger partial charge in [0, 0.05) is 0 Å². The molecule has 8 heteroatoms. The molecular weight excluding hydrogens is 244 g/mol. The molecule has 18 heavy (non-hydrogen) atoms. The minimum absolute atomic E-state index is 0.130. The summed E-state index contributed by atoms with van der Waals surface area (Å²) in [4.78, 5) is 34.4. The number of rotatable bonds is 2. The van der Waals surface area contributed by atoms with E-state index in [1.54, 1.807) is 0 Å². The van der Waals surface area contributed by atoms with Crippen molar-refractivity contribution >= 4 is 18.0 Å². The molecule has 1 rings (SSSR count). The molecule has 0 unspecified atom stereocenters. The Balaban J connectivity index is 3.45. The number of carbonyl (C=O) groups is 3. The lowest BCUT2D eigenvalue weighted by molar-refractivity contribution is 0.0551. The summed E-state index contributed by atoms with van der Waals surface area (Å²) in [6.07, 6.45) is -0.826. The molecule has 1 aromatic rings. The van der Waals surface area contributed by atoms with Crippen LogP contribution in [-0.2, 0) is 14.2 Å². The average molecular weight is 256 g/mol. The van der Waals surface area contributed by atoms with Crippen molar-refractivity contribution in [3.63, 3.8) is 0 Å². The molecule has 0 aliphatic rings. The normalized spacial score (nSPS) is 9.78. The SMILES string of the molecule is COC(=O)c1nn(C(=O)OC)c(C)c1C(=O)OC. The summed E-state index contributed by atoms with van der Waals surface area (Å²) < 4.78 is 14.3. The number of carbonyl (C=O) groups excluding carboxylic acids is 3. The number of hydrogen-bond donors (Lipinski definition) is 0. The van der Waals surface area contributed by atoms with Crippen LogP contribution in [0.15, 0.2) is 0 Å². The number of methoxy groups -OCH3 is 3. The van der Waals surface area contributed by atoms with Gasteiger partial charge in [0.15, 0.2) is 5.69 Å². The van der Waals surface area contributed by atoms with Gasteiger partial charge in [-0.25, -0.2) is 14.4 Å². The van der Waals surface area contributed by atoms with Crippen LogP contribution in [0.3, 0.4) is 0 Å². The van der Waals surface area contributed by atoms with E-state index in [4.69, 9.17) is 0 Å². The van der Waals surface area contributed by atoms with Crippen LogP contribution in [0.2, 0.25) is 0 Å². The summed E-state index contributed by atoms with van der Waals surface area (Å²) in [6, 6.07) is 0. The van der Waals surface area contributed by atoms with Gasteiger partial charge in [0.25, 0.3) is 0 Å². The van der Waals surface area contributed by atoms with Crippen molar-refractivity contribution in [2.75, 3.05) is 21.3 Å². The molecule has 98 valence electrons. The maximum Gasteiger partial charge on any atom is 0.434 e. The molecule has 0 saturated heterocycles. The van der Waals surface area contributed by atoms with E-state index in [0.29, 0.717) is 0 Å². The monoisotopic (exact) mass is 256 g/mol. The summed E-state index contributed by atoms with van der Waals surface area (Å²) in [7, 11) is 3.44. The number of esters is 2. The summed E-state index contributed by atoms with van der Waals surface area (Å²) in [5.41, 5.74) is -0.295. The van der Waals surface area contributed by atoms with Gasteiger partial charge in [-0.05, 0) is 6.92 Å². The Morgan fingerprint density at radius 2 is 1.56 bits per heavy atom. The Labute approximate surface area is 102 Å². The van der Waals surface area contributed by atoms with Crippen molar-refractivity contribution in [1.29, 1.82) is 0 Å². The zero-order valence-corrected chi connectivity index (χ0v) is 10.3. The predicted octanol–water partition coefficient (Wildman–Crippen LogP) is 0.379. The zero-order valence-electron chi connectivity index (χ0n) is 10.3. The third-order valence-electron chi connectivity index (χ3n) is 2.23. The molecule has 0 saturated carbocycles. The highest BCUT2D eigenvalue weighted by Gasteiger charge is 2.29. The van der Waals surface area contributed by atoms with Crippen LogP contribution in [0.1, 0.15) is 26.5 Å². The molecule has 0 aliphatic heterocycles. The fourth-order valence-corrected chi connectivity index (χ4v) is 1.35. The fourth-order valence-electron chi connectivity index (χ4n) is 1.35. The molecule has 0 aromatic carbocycles. The van der Waals surface area contributed by atoms with Crippen molar-refractivity contribution < 1.29 is 28.6 Å². The molecule has 0 atom stereocenters. The van der Waals surface area contributed by atoms with E-state index in [-0.39, 0.29) is 17.0 Å². The van der Waals surface area contributed by atoms with Crippen molar-refractivity contribution in [2.45, 2.75) is 6.92 Å². The van der Waals surface area contributed by atoms with Gasteiger partial charge in [0.05, 0.1) is 27.0 Å². The van der Waals surface area contributed by atoms with Crippen molar-refractivity contribution in [3.8, 4) is 0 Å². The minimum Gasteiger partial charge on any atom is -0.465 e. The molecule has 1 heterocycles. The Hall–Kier alpha value is -2.38. The van der Waals surface area contributed by atoms with Crippen LogP contribution in [0.25, 0.3) is 0 Å². The molecule has 0 aliphatic carbocycles. The number of hydrogen-bond acceptors (Lipinski definition) is 7. The quantitative estimate of drug-likeness (QED) is 0.557. The van der Waals surface area contributed by atoms with Gasteiger partial charge in [0.2, 0.25) is 0 Å². The zero-order chi connectivity index (χ0) is 13.9. The van der Waals surface area contributed by atoms with Crippen LogP contribution in [0.5, 0.6) is 0 Å². The summed E-state index contributed by atoms with van der Waals surface area (Å²) in [6.45, 7) is 1.43. The second-order valence-corrected chi connectivity index (χ2v) is 3.17. The maximum atomic E-state index is 11.6. The van der Waals surface area contributed by atoms with Crippen LogP contribution in [0, 0.1) is 6.92 Å². The van der Waals surface area contributed by atoms with Gasteiger partial charge in [-0.15, -0.1) is 0 Å². The number of aromatic nitrogens is 2. The fraction of sp³-hybridized carbons (Fsp3) is 0.400. The summed E-state index contributed by atoms with van der Waals surface area (Å²) in [5.74, 6) is -1.63. The first-order valence-corrected chi connectivity index (χ1v) is 4.82. The molecular formula is C10H12N2O6. The molecule has 0 radical (unpaired) electrons. The van der Waals surface area contributed by atoms with Gasteiger partial charge in [-0.1, -0.05) is 0 Å². The van der Waals surface area contributed by atoms with Crippen molar-refractivity contribution in [1.82, 2.24) is 9.78 Å². The van der Waals surface area contributed by atoms with E-state index in [1.807, 2.05) is 0 Å². The van der Waals surface area contributed by atoms with Gasteiger partial charge in [0.1, 0.15) is 5.56 Å². The maximum absolute atomic E-state index is 11.6. The summed E-state index contributed by atoms with van der Waals surface area (Å²) in [5, 5.41) is 3.69. The van der Waals surface area contributed by atoms with Crippen LogP contribution in [0.4, 0.5) is 4.79 Å². The lowest BCUT2D eigenvalue weighted by Crippen LogP contribution is -2.15. The highest BCUT2D eigenvalue weighted by atomic mass is 16.5. The smallest absolute Gasteiger partial charge is 0.434 e. The second kappa shape index (κ2) is 5.30.